The Labute approximate surface area is 208 Å². The van der Waals surface area contributed by atoms with Crippen LogP contribution in [-0.2, 0) is 0 Å². The number of para-hydroxylation sites is 2. The van der Waals surface area contributed by atoms with Crippen LogP contribution in [0.15, 0.2) is 106 Å². The van der Waals surface area contributed by atoms with Gasteiger partial charge in [-0.3, -0.25) is 0 Å². The van der Waals surface area contributed by atoms with Crippen LogP contribution in [0, 0.1) is 0 Å². The number of quaternary nitrogens is 1. The molecule has 0 aromatic heterocycles. The molecule has 4 aromatic rings. The maximum absolute atomic E-state index is 10.7. The average molecular weight is 623 g/mol. The fourth-order valence-electron chi connectivity index (χ4n) is 4.15. The standard InChI is InChI=1S/C24H16Br2N.F6P/c25-17-9-13-19(14-10-17)27(20-15-11-18(26)12-16-20)23-7-3-1-5-21(23)22-6-2-4-8-24(22)27;1-7(2,3,4,5)6/h1-16H;/q+1;-1. The van der Waals surface area contributed by atoms with Gasteiger partial charge >= 0.3 is 33.0 Å². The van der Waals surface area contributed by atoms with Gasteiger partial charge in [0.1, 0.15) is 11.4 Å². The molecule has 0 fully saturated rings. The number of rotatable bonds is 2. The van der Waals surface area contributed by atoms with Crippen LogP contribution in [0.1, 0.15) is 0 Å². The molecule has 0 saturated heterocycles. The summed E-state index contributed by atoms with van der Waals surface area (Å²) >= 11 is 7.18. The fourth-order valence-corrected chi connectivity index (χ4v) is 4.68. The van der Waals surface area contributed by atoms with Crippen molar-refractivity contribution in [3.63, 3.8) is 0 Å². The monoisotopic (exact) mass is 621 g/mol. The third-order valence-corrected chi connectivity index (χ3v) is 6.31. The molecule has 4 aromatic carbocycles. The van der Waals surface area contributed by atoms with Crippen LogP contribution >= 0.6 is 39.7 Å². The second-order valence-corrected chi connectivity index (χ2v) is 11.4. The molecule has 0 amide bonds. The minimum atomic E-state index is -10.7. The molecular formula is C24H16Br2F6NP. The third kappa shape index (κ3) is 5.38. The summed E-state index contributed by atoms with van der Waals surface area (Å²) in [6, 6.07) is 34.8. The van der Waals surface area contributed by atoms with Crippen molar-refractivity contribution in [1.29, 1.82) is 0 Å². The Morgan fingerprint density at radius 3 is 1.09 bits per heavy atom. The van der Waals surface area contributed by atoms with Crippen LogP contribution in [0.3, 0.4) is 0 Å². The van der Waals surface area contributed by atoms with Gasteiger partial charge in [0, 0.05) is 45.3 Å². The van der Waals surface area contributed by atoms with E-state index in [0.29, 0.717) is 4.48 Å². The molecule has 0 unspecified atom stereocenters. The quantitative estimate of drug-likeness (QED) is 0.104. The van der Waals surface area contributed by atoms with Gasteiger partial charge in [0.2, 0.25) is 0 Å². The first-order chi connectivity index (χ1) is 15.7. The van der Waals surface area contributed by atoms with Gasteiger partial charge in [-0.1, -0.05) is 56.1 Å². The Balaban J connectivity index is 0.000000344. The van der Waals surface area contributed by atoms with Crippen LogP contribution in [0.2, 0.25) is 0 Å². The summed E-state index contributed by atoms with van der Waals surface area (Å²) in [5.41, 5.74) is 7.58. The number of benzene rings is 4. The molecule has 1 aliphatic rings. The van der Waals surface area contributed by atoms with E-state index < -0.39 is 7.81 Å². The van der Waals surface area contributed by atoms with Crippen molar-refractivity contribution < 1.29 is 25.2 Å². The molecule has 10 heteroatoms. The van der Waals surface area contributed by atoms with E-state index in [4.69, 9.17) is 0 Å². The molecule has 0 spiro atoms. The molecule has 178 valence electrons. The molecule has 0 aliphatic carbocycles. The van der Waals surface area contributed by atoms with E-state index >= 15 is 0 Å². The second kappa shape index (κ2) is 7.92. The predicted molar refractivity (Wildman–Crippen MR) is 135 cm³/mol. The summed E-state index contributed by atoms with van der Waals surface area (Å²) in [6.45, 7) is 0. The maximum atomic E-state index is 9.87. The Hall–Kier alpha value is -2.19. The van der Waals surface area contributed by atoms with Gasteiger partial charge in [-0.2, -0.15) is 4.48 Å². The molecule has 0 bridgehead atoms. The van der Waals surface area contributed by atoms with Crippen molar-refractivity contribution >= 4 is 62.4 Å². The van der Waals surface area contributed by atoms with E-state index in [9.17, 15) is 25.2 Å². The summed E-state index contributed by atoms with van der Waals surface area (Å²) in [7, 11) is -10.7. The Morgan fingerprint density at radius 1 is 0.471 bits per heavy atom. The first-order valence-electron chi connectivity index (χ1n) is 9.83. The van der Waals surface area contributed by atoms with E-state index in [1.807, 2.05) is 0 Å². The Morgan fingerprint density at radius 2 is 0.765 bits per heavy atom. The third-order valence-electron chi connectivity index (χ3n) is 5.25. The number of halogens is 8. The number of hydrogen-bond donors (Lipinski definition) is 0. The summed E-state index contributed by atoms with van der Waals surface area (Å²) in [5.74, 6) is 0. The second-order valence-electron chi connectivity index (χ2n) is 7.62. The summed E-state index contributed by atoms with van der Waals surface area (Å²) in [6.07, 6.45) is 0. The van der Waals surface area contributed by atoms with Gasteiger partial charge in [0.15, 0.2) is 11.4 Å². The summed E-state index contributed by atoms with van der Waals surface area (Å²) in [5, 5.41) is 0. The van der Waals surface area contributed by atoms with Gasteiger partial charge in [-0.05, 0) is 36.4 Å². The van der Waals surface area contributed by atoms with Crippen molar-refractivity contribution in [2.24, 2.45) is 0 Å². The molecule has 0 radical (unpaired) electrons. The van der Waals surface area contributed by atoms with Crippen LogP contribution in [0.25, 0.3) is 11.1 Å². The van der Waals surface area contributed by atoms with Crippen molar-refractivity contribution in [2.45, 2.75) is 0 Å². The summed E-state index contributed by atoms with van der Waals surface area (Å²) in [4.78, 5) is 0. The van der Waals surface area contributed by atoms with E-state index in [2.05, 4.69) is 129 Å². The number of hydrogen-bond acceptors (Lipinski definition) is 0. The molecule has 0 atom stereocenters. The van der Waals surface area contributed by atoms with Crippen LogP contribution in [0.5, 0.6) is 0 Å². The zero-order chi connectivity index (χ0) is 24.8. The zero-order valence-electron chi connectivity index (χ0n) is 17.2. The Bertz CT molecular complexity index is 1250. The van der Waals surface area contributed by atoms with Crippen molar-refractivity contribution in [2.75, 3.05) is 0 Å². The SMILES string of the molecule is Brc1ccc([N+]2(c3ccc(Br)cc3)c3ccccc3-c3ccccc32)cc1.F[P-](F)(F)(F)(F)F. The number of nitrogens with zero attached hydrogens (tertiary/aromatic N) is 1. The van der Waals surface area contributed by atoms with Gasteiger partial charge in [0.25, 0.3) is 0 Å². The molecule has 0 N–H and O–H groups in total. The fraction of sp³-hybridized carbons (Fsp3) is 0. The van der Waals surface area contributed by atoms with Gasteiger partial charge < -0.3 is 0 Å². The van der Waals surface area contributed by atoms with Crippen molar-refractivity contribution in [1.82, 2.24) is 4.48 Å². The van der Waals surface area contributed by atoms with Crippen LogP contribution in [-0.4, -0.2) is 0 Å². The molecule has 5 rings (SSSR count). The van der Waals surface area contributed by atoms with Gasteiger partial charge in [0.05, 0.1) is 11.1 Å². The van der Waals surface area contributed by atoms with Crippen LogP contribution in [0.4, 0.5) is 47.9 Å². The average Bonchev–Trinajstić information content (AvgIpc) is 3.04. The van der Waals surface area contributed by atoms with Crippen molar-refractivity contribution in [3.8, 4) is 11.1 Å². The normalized spacial score (nSPS) is 15.8. The number of fused-ring (bicyclic) bond motifs is 3. The van der Waals surface area contributed by atoms with Crippen LogP contribution < -0.4 is 4.48 Å². The zero-order valence-corrected chi connectivity index (χ0v) is 21.2. The molecule has 34 heavy (non-hydrogen) atoms. The summed E-state index contributed by atoms with van der Waals surface area (Å²) < 4.78 is 62.0. The van der Waals surface area contributed by atoms with E-state index in [1.165, 1.54) is 33.9 Å². The molecular weight excluding hydrogens is 607 g/mol. The first kappa shape index (κ1) is 24.9. The van der Waals surface area contributed by atoms with E-state index in [0.717, 1.165) is 8.95 Å². The molecule has 1 aliphatic heterocycles. The van der Waals surface area contributed by atoms with E-state index in [1.54, 1.807) is 0 Å². The minimum absolute atomic E-state index is 0.590. The topological polar surface area (TPSA) is 0 Å². The molecule has 1 heterocycles. The first-order valence-corrected chi connectivity index (χ1v) is 13.4. The van der Waals surface area contributed by atoms with Crippen molar-refractivity contribution in [3.05, 3.63) is 106 Å². The predicted octanol–water partition coefficient (Wildman–Crippen LogP) is 11.9. The molecule has 0 saturated carbocycles. The van der Waals surface area contributed by atoms with E-state index in [-0.39, 0.29) is 0 Å². The molecule has 1 nitrogen and oxygen atoms in total. The van der Waals surface area contributed by atoms with Gasteiger partial charge in [-0.25, -0.2) is 0 Å². The Kier molecular flexibility index (Phi) is 5.80. The van der Waals surface area contributed by atoms with Gasteiger partial charge in [-0.15, -0.1) is 0 Å².